The number of Topliss-reactive ketones (excluding diaryl/α,β-unsaturated/α-hetero) is 1. The van der Waals surface area contributed by atoms with E-state index in [1.165, 1.54) is 0 Å². The van der Waals surface area contributed by atoms with Crippen molar-refractivity contribution in [2.24, 2.45) is 10.9 Å². The summed E-state index contributed by atoms with van der Waals surface area (Å²) in [7, 11) is 0. The van der Waals surface area contributed by atoms with Crippen LogP contribution in [0, 0.1) is 0 Å². The van der Waals surface area contributed by atoms with Crippen LogP contribution in [0.15, 0.2) is 65.8 Å². The van der Waals surface area contributed by atoms with Gasteiger partial charge in [0.15, 0.2) is 0 Å². The Balaban J connectivity index is -0.000000430. The summed E-state index contributed by atoms with van der Waals surface area (Å²) in [6.07, 6.45) is 0. The first-order chi connectivity index (χ1) is 14.6. The predicted molar refractivity (Wildman–Crippen MR) is 102 cm³/mol. The van der Waals surface area contributed by atoms with Crippen LogP contribution in [-0.4, -0.2) is 45.6 Å². The molecule has 0 atom stereocenters. The summed E-state index contributed by atoms with van der Waals surface area (Å²) < 4.78 is 0. The zero-order chi connectivity index (χ0) is 23.8. The van der Waals surface area contributed by atoms with Crippen LogP contribution in [0.5, 0.6) is 0 Å². The first-order valence-electron chi connectivity index (χ1n) is 7.93. The van der Waals surface area contributed by atoms with Gasteiger partial charge in [-0.25, -0.2) is 9.59 Å². The second-order valence-corrected chi connectivity index (χ2v) is 4.96. The summed E-state index contributed by atoms with van der Waals surface area (Å²) in [5, 5.41) is 38.7. The van der Waals surface area contributed by atoms with E-state index in [1.807, 2.05) is 30.3 Å². The minimum Gasteiger partial charge on any atom is -0.541 e. The van der Waals surface area contributed by atoms with Crippen LogP contribution in [0.3, 0.4) is 0 Å². The summed E-state index contributed by atoms with van der Waals surface area (Å²) in [4.78, 5) is 48.9. The van der Waals surface area contributed by atoms with Gasteiger partial charge >= 0.3 is 71.1 Å². The molecule has 2 aromatic rings. The second kappa shape index (κ2) is 19.9. The van der Waals surface area contributed by atoms with E-state index in [0.29, 0.717) is 5.69 Å². The number of hydrogen-bond acceptors (Lipinski definition) is 11. The van der Waals surface area contributed by atoms with Gasteiger partial charge < -0.3 is 35.4 Å². The van der Waals surface area contributed by atoms with Crippen LogP contribution in [0.1, 0.15) is 0 Å². The van der Waals surface area contributed by atoms with Gasteiger partial charge in [-0.05, 0) is 24.3 Å². The van der Waals surface area contributed by atoms with Crippen molar-refractivity contribution in [1.29, 1.82) is 0 Å². The van der Waals surface area contributed by atoms with Crippen molar-refractivity contribution in [3.8, 4) is 0 Å². The van der Waals surface area contributed by atoms with Gasteiger partial charge in [-0.2, -0.15) is 5.10 Å². The molecule has 0 saturated heterocycles. The minimum absolute atomic E-state index is 0. The standard InChI is InChI=1S/C9H8N2O4.C6H8N2.C3H2O5.2Na/c12-8(13)7(9(14)15)11-10-6-4-2-1-3-5-6;7-8-6-4-2-1-3-5-6;4-1(2(5)6)3(7)8;;/h1-5,10H,(H,12,13)(H,14,15);1-5,8H,7H2;(H,5,6)(H,7,8);;/q;;;2*+1/p-2. The monoisotopic (exact) mass is 478 g/mol. The Kier molecular flexibility index (Phi) is 21.0. The Bertz CT molecular complexity index is 910. The molecule has 0 aliphatic carbocycles. The molecule has 0 unspecified atom stereocenters. The number of ketones is 1. The largest absolute Gasteiger partial charge is 1.00 e. The van der Waals surface area contributed by atoms with Crippen LogP contribution in [-0.2, 0) is 24.0 Å². The number of hydrazine groups is 1. The number of carbonyl (C=O) groups excluding carboxylic acids is 3. The van der Waals surface area contributed by atoms with Crippen molar-refractivity contribution in [2.75, 3.05) is 10.9 Å². The predicted octanol–water partition coefficient (Wildman–Crippen LogP) is -8.34. The van der Waals surface area contributed by atoms with Crippen LogP contribution >= 0.6 is 0 Å². The van der Waals surface area contributed by atoms with E-state index < -0.39 is 35.4 Å². The fraction of sp³-hybridized carbons (Fsp3) is 0. The number of carboxylic acid groups (broad SMARTS) is 4. The van der Waals surface area contributed by atoms with Crippen LogP contribution in [0.25, 0.3) is 0 Å². The summed E-state index contributed by atoms with van der Waals surface area (Å²) >= 11 is 0. The van der Waals surface area contributed by atoms with Crippen molar-refractivity contribution in [2.45, 2.75) is 0 Å². The number of carbonyl (C=O) groups is 5. The Morgan fingerprint density at radius 3 is 1.33 bits per heavy atom. The topological polar surface area (TPSA) is 234 Å². The number of benzene rings is 2. The normalized spacial score (nSPS) is 8.15. The van der Waals surface area contributed by atoms with Crippen LogP contribution < -0.4 is 86.0 Å². The first kappa shape index (κ1) is 34.8. The van der Waals surface area contributed by atoms with E-state index in [4.69, 9.17) is 16.1 Å². The van der Waals surface area contributed by atoms with E-state index in [2.05, 4.69) is 16.0 Å². The van der Waals surface area contributed by atoms with Crippen molar-refractivity contribution in [3.05, 3.63) is 60.7 Å². The van der Waals surface area contributed by atoms with Gasteiger partial charge in [-0.1, -0.05) is 36.4 Å². The molecule has 2 aromatic carbocycles. The Labute approximate surface area is 231 Å². The zero-order valence-electron chi connectivity index (χ0n) is 17.6. The molecule has 0 bridgehead atoms. The van der Waals surface area contributed by atoms with E-state index in [0.717, 1.165) is 5.69 Å². The molecule has 0 aliphatic heterocycles. The van der Waals surface area contributed by atoms with Crippen LogP contribution in [0.2, 0.25) is 0 Å². The second-order valence-electron chi connectivity index (χ2n) is 4.96. The van der Waals surface area contributed by atoms with Gasteiger partial charge in [0.25, 0.3) is 5.71 Å². The van der Waals surface area contributed by atoms with E-state index >= 15 is 0 Å². The fourth-order valence-corrected chi connectivity index (χ4v) is 1.44. The molecule has 0 spiro atoms. The number of para-hydroxylation sites is 2. The molecular weight excluding hydrogens is 462 g/mol. The van der Waals surface area contributed by atoms with E-state index in [1.54, 1.807) is 30.3 Å². The first-order valence-corrected chi connectivity index (χ1v) is 7.93. The van der Waals surface area contributed by atoms with Gasteiger partial charge in [0.1, 0.15) is 11.9 Å². The van der Waals surface area contributed by atoms with Crippen molar-refractivity contribution >= 4 is 46.7 Å². The molecule has 13 nitrogen and oxygen atoms in total. The Morgan fingerprint density at radius 2 is 1.09 bits per heavy atom. The molecule has 164 valence electrons. The summed E-state index contributed by atoms with van der Waals surface area (Å²) in [6.45, 7) is 0. The number of anilines is 2. The molecule has 0 aliphatic rings. The number of nitrogens with two attached hydrogens (primary N) is 1. The fourth-order valence-electron chi connectivity index (χ4n) is 1.44. The molecule has 15 heteroatoms. The smallest absolute Gasteiger partial charge is 0.541 e. The molecule has 0 amide bonds. The number of rotatable bonds is 7. The summed E-state index contributed by atoms with van der Waals surface area (Å²) in [6, 6.07) is 18.0. The quantitative estimate of drug-likeness (QED) is 0.0623. The maximum Gasteiger partial charge on any atom is 1.00 e. The third kappa shape index (κ3) is 16.5. The molecule has 0 fully saturated rings. The maximum absolute atomic E-state index is 10.4. The molecule has 0 aromatic heterocycles. The SMILES string of the molecule is NNc1ccccc1.O=C(O)C(=NNc1ccccc1)C(=O)O.O=C([O-])C(=O)C(=O)[O-].[Na+].[Na+]. The minimum atomic E-state index is -2.26. The molecule has 6 N–H and O–H groups in total. The average Bonchev–Trinajstić information content (AvgIpc) is 2.75. The van der Waals surface area contributed by atoms with Crippen LogP contribution in [0.4, 0.5) is 11.4 Å². The molecule has 2 rings (SSSR count). The van der Waals surface area contributed by atoms with Gasteiger partial charge in [0, 0.05) is 5.69 Å². The molecule has 0 radical (unpaired) electrons. The van der Waals surface area contributed by atoms with Crippen molar-refractivity contribution in [1.82, 2.24) is 0 Å². The number of nitrogens with zero attached hydrogens (tertiary/aromatic N) is 1. The number of nitrogen functional groups attached to an aromatic ring is 1. The number of carboxylic acids is 4. The summed E-state index contributed by atoms with van der Waals surface area (Å²) in [5.74, 6) is -4.64. The third-order valence-corrected chi connectivity index (χ3v) is 2.79. The van der Waals surface area contributed by atoms with Crippen molar-refractivity contribution in [3.63, 3.8) is 0 Å². The zero-order valence-corrected chi connectivity index (χ0v) is 21.6. The molecule has 0 heterocycles. The average molecular weight is 478 g/mol. The Morgan fingerprint density at radius 1 is 0.727 bits per heavy atom. The van der Waals surface area contributed by atoms with Crippen molar-refractivity contribution < 1.29 is 104 Å². The van der Waals surface area contributed by atoms with E-state index in [-0.39, 0.29) is 59.1 Å². The van der Waals surface area contributed by atoms with Gasteiger partial charge in [-0.3, -0.25) is 16.1 Å². The molecular formula is C18H16N4Na2O9. The number of nitrogens with one attached hydrogen (secondary N) is 2. The maximum atomic E-state index is 10.4. The van der Waals surface area contributed by atoms with Gasteiger partial charge in [0.2, 0.25) is 5.78 Å². The van der Waals surface area contributed by atoms with Gasteiger partial charge in [-0.15, -0.1) is 0 Å². The Hall–Kier alpha value is -2.78. The number of aliphatic carboxylic acids is 4. The van der Waals surface area contributed by atoms with E-state index in [9.17, 15) is 34.2 Å². The molecule has 33 heavy (non-hydrogen) atoms. The molecule has 0 saturated carbocycles. The summed E-state index contributed by atoms with van der Waals surface area (Å²) in [5.41, 5.74) is 5.35. The number of hydrazone groups is 1. The number of hydrogen-bond donors (Lipinski definition) is 5. The third-order valence-electron chi connectivity index (χ3n) is 2.79. The van der Waals surface area contributed by atoms with Gasteiger partial charge in [0.05, 0.1) is 5.69 Å².